The van der Waals surface area contributed by atoms with E-state index >= 15 is 0 Å². The van der Waals surface area contributed by atoms with Crippen LogP contribution in [0.15, 0.2) is 53.3 Å². The van der Waals surface area contributed by atoms with E-state index in [2.05, 4.69) is 15.5 Å². The molecule has 0 aliphatic carbocycles. The normalized spacial score (nSPS) is 10.6. The molecule has 17 heavy (non-hydrogen) atoms. The SMILES string of the molecule is c1ccc2c(NCc3ccno3)ccnc2c1. The lowest BCUT2D eigenvalue weighted by Gasteiger charge is -2.07. The van der Waals surface area contributed by atoms with Gasteiger partial charge >= 0.3 is 0 Å². The number of hydrogen-bond donors (Lipinski definition) is 1. The predicted octanol–water partition coefficient (Wildman–Crippen LogP) is 2.83. The van der Waals surface area contributed by atoms with E-state index < -0.39 is 0 Å². The first kappa shape index (κ1) is 9.84. The first-order valence-electron chi connectivity index (χ1n) is 5.41. The van der Waals surface area contributed by atoms with E-state index in [1.54, 1.807) is 12.4 Å². The second-order valence-corrected chi connectivity index (χ2v) is 3.71. The van der Waals surface area contributed by atoms with Gasteiger partial charge in [0.2, 0.25) is 0 Å². The summed E-state index contributed by atoms with van der Waals surface area (Å²) in [5, 5.41) is 8.09. The summed E-state index contributed by atoms with van der Waals surface area (Å²) in [4.78, 5) is 4.31. The lowest BCUT2D eigenvalue weighted by molar-refractivity contribution is 0.388. The Hall–Kier alpha value is -2.36. The fourth-order valence-corrected chi connectivity index (χ4v) is 1.77. The van der Waals surface area contributed by atoms with Gasteiger partial charge in [-0.25, -0.2) is 0 Å². The molecule has 0 fully saturated rings. The minimum Gasteiger partial charge on any atom is -0.377 e. The standard InChI is InChI=1S/C13H11N3O/c1-2-4-12-11(3-1)13(6-7-14-12)15-9-10-5-8-16-17-10/h1-8H,9H2,(H,14,15). The van der Waals surface area contributed by atoms with Crippen LogP contribution in [0.4, 0.5) is 5.69 Å². The van der Waals surface area contributed by atoms with Crippen LogP contribution in [0.25, 0.3) is 10.9 Å². The summed E-state index contributed by atoms with van der Waals surface area (Å²) in [7, 11) is 0. The highest BCUT2D eigenvalue weighted by molar-refractivity contribution is 5.90. The summed E-state index contributed by atoms with van der Waals surface area (Å²) in [6.45, 7) is 0.619. The highest BCUT2D eigenvalue weighted by atomic mass is 16.5. The Kier molecular flexibility index (Phi) is 2.46. The van der Waals surface area contributed by atoms with Crippen molar-refractivity contribution in [1.29, 1.82) is 0 Å². The van der Waals surface area contributed by atoms with E-state index in [9.17, 15) is 0 Å². The molecular formula is C13H11N3O. The average molecular weight is 225 g/mol. The molecule has 1 aromatic carbocycles. The molecule has 0 aliphatic heterocycles. The van der Waals surface area contributed by atoms with Gasteiger partial charge in [-0.3, -0.25) is 4.98 Å². The number of benzene rings is 1. The Morgan fingerprint density at radius 2 is 2.00 bits per heavy atom. The van der Waals surface area contributed by atoms with Crippen molar-refractivity contribution in [1.82, 2.24) is 10.1 Å². The van der Waals surface area contributed by atoms with Gasteiger partial charge in [-0.2, -0.15) is 0 Å². The van der Waals surface area contributed by atoms with Crippen molar-refractivity contribution in [2.45, 2.75) is 6.54 Å². The van der Waals surface area contributed by atoms with Gasteiger partial charge in [0.25, 0.3) is 0 Å². The quantitative estimate of drug-likeness (QED) is 0.744. The van der Waals surface area contributed by atoms with Gasteiger partial charge in [-0.15, -0.1) is 0 Å². The first-order valence-corrected chi connectivity index (χ1v) is 5.41. The van der Waals surface area contributed by atoms with Gasteiger partial charge in [0.05, 0.1) is 18.3 Å². The molecule has 1 N–H and O–H groups in total. The van der Waals surface area contributed by atoms with Crippen LogP contribution < -0.4 is 5.32 Å². The van der Waals surface area contributed by atoms with Gasteiger partial charge in [0, 0.05) is 23.3 Å². The zero-order valence-corrected chi connectivity index (χ0v) is 9.13. The van der Waals surface area contributed by atoms with Crippen LogP contribution in [0.3, 0.4) is 0 Å². The van der Waals surface area contributed by atoms with Crippen molar-refractivity contribution in [3.05, 3.63) is 54.6 Å². The van der Waals surface area contributed by atoms with Crippen molar-refractivity contribution in [2.24, 2.45) is 0 Å². The summed E-state index contributed by atoms with van der Waals surface area (Å²) in [6.07, 6.45) is 3.44. The van der Waals surface area contributed by atoms with Gasteiger partial charge in [0.15, 0.2) is 5.76 Å². The van der Waals surface area contributed by atoms with Gasteiger partial charge < -0.3 is 9.84 Å². The second-order valence-electron chi connectivity index (χ2n) is 3.71. The molecule has 0 radical (unpaired) electrons. The predicted molar refractivity (Wildman–Crippen MR) is 65.6 cm³/mol. The average Bonchev–Trinajstić information content (AvgIpc) is 2.89. The third kappa shape index (κ3) is 1.97. The summed E-state index contributed by atoms with van der Waals surface area (Å²) in [6, 6.07) is 11.8. The minimum absolute atomic E-state index is 0.619. The summed E-state index contributed by atoms with van der Waals surface area (Å²) in [5.41, 5.74) is 2.03. The van der Waals surface area contributed by atoms with Gasteiger partial charge in [0.1, 0.15) is 0 Å². The molecule has 84 valence electrons. The molecule has 3 aromatic rings. The largest absolute Gasteiger partial charge is 0.377 e. The van der Waals surface area contributed by atoms with Crippen LogP contribution in [-0.4, -0.2) is 10.1 Å². The summed E-state index contributed by atoms with van der Waals surface area (Å²) in [5.74, 6) is 0.811. The molecule has 2 heterocycles. The molecule has 0 saturated carbocycles. The Bertz CT molecular complexity index is 614. The molecule has 4 heteroatoms. The fraction of sp³-hybridized carbons (Fsp3) is 0.0769. The van der Waals surface area contributed by atoms with Crippen LogP contribution in [0.2, 0.25) is 0 Å². The Balaban J connectivity index is 1.90. The molecule has 0 atom stereocenters. The van der Waals surface area contributed by atoms with E-state index in [1.165, 1.54) is 0 Å². The highest BCUT2D eigenvalue weighted by Crippen LogP contribution is 2.21. The van der Waals surface area contributed by atoms with Crippen molar-refractivity contribution < 1.29 is 4.52 Å². The maximum Gasteiger partial charge on any atom is 0.155 e. The van der Waals surface area contributed by atoms with Crippen LogP contribution in [0, 0.1) is 0 Å². The Morgan fingerprint density at radius 1 is 1.06 bits per heavy atom. The highest BCUT2D eigenvalue weighted by Gasteiger charge is 2.02. The number of rotatable bonds is 3. The van der Waals surface area contributed by atoms with Crippen LogP contribution >= 0.6 is 0 Å². The Labute approximate surface area is 98.3 Å². The van der Waals surface area contributed by atoms with Crippen LogP contribution in [-0.2, 0) is 6.54 Å². The number of anilines is 1. The smallest absolute Gasteiger partial charge is 0.155 e. The molecule has 0 amide bonds. The lowest BCUT2D eigenvalue weighted by Crippen LogP contribution is -1.99. The molecule has 0 saturated heterocycles. The monoisotopic (exact) mass is 225 g/mol. The molecule has 2 aromatic heterocycles. The molecule has 0 spiro atoms. The number of pyridine rings is 1. The minimum atomic E-state index is 0.619. The topological polar surface area (TPSA) is 51.0 Å². The summed E-state index contributed by atoms with van der Waals surface area (Å²) < 4.78 is 5.04. The second kappa shape index (κ2) is 4.25. The van der Waals surface area contributed by atoms with Crippen molar-refractivity contribution in [3.63, 3.8) is 0 Å². The van der Waals surface area contributed by atoms with E-state index in [0.717, 1.165) is 22.4 Å². The summed E-state index contributed by atoms with van der Waals surface area (Å²) >= 11 is 0. The molecular weight excluding hydrogens is 214 g/mol. The van der Waals surface area contributed by atoms with Crippen molar-refractivity contribution in [2.75, 3.05) is 5.32 Å². The van der Waals surface area contributed by atoms with Gasteiger partial charge in [-0.1, -0.05) is 23.4 Å². The number of nitrogens with one attached hydrogen (secondary N) is 1. The molecule has 4 nitrogen and oxygen atoms in total. The van der Waals surface area contributed by atoms with Crippen LogP contribution in [0.5, 0.6) is 0 Å². The fourth-order valence-electron chi connectivity index (χ4n) is 1.77. The van der Waals surface area contributed by atoms with E-state index in [0.29, 0.717) is 6.54 Å². The number of hydrogen-bond acceptors (Lipinski definition) is 4. The molecule has 0 aliphatic rings. The molecule has 0 unspecified atom stereocenters. The maximum atomic E-state index is 5.04. The zero-order chi connectivity index (χ0) is 11.5. The van der Waals surface area contributed by atoms with E-state index in [-0.39, 0.29) is 0 Å². The first-order chi connectivity index (χ1) is 8.43. The molecule has 0 bridgehead atoms. The van der Waals surface area contributed by atoms with Crippen molar-refractivity contribution >= 4 is 16.6 Å². The molecule has 3 rings (SSSR count). The number of fused-ring (bicyclic) bond motifs is 1. The number of para-hydroxylation sites is 1. The number of aromatic nitrogens is 2. The Morgan fingerprint density at radius 3 is 2.88 bits per heavy atom. The van der Waals surface area contributed by atoms with Crippen LogP contribution in [0.1, 0.15) is 5.76 Å². The number of nitrogens with zero attached hydrogens (tertiary/aromatic N) is 2. The third-order valence-corrected chi connectivity index (χ3v) is 2.59. The lowest BCUT2D eigenvalue weighted by atomic mass is 10.2. The van der Waals surface area contributed by atoms with Gasteiger partial charge in [-0.05, 0) is 12.1 Å². The third-order valence-electron chi connectivity index (χ3n) is 2.59. The van der Waals surface area contributed by atoms with E-state index in [1.807, 2.05) is 36.4 Å². The van der Waals surface area contributed by atoms with Crippen molar-refractivity contribution in [3.8, 4) is 0 Å². The zero-order valence-electron chi connectivity index (χ0n) is 9.13. The maximum absolute atomic E-state index is 5.04. The van der Waals surface area contributed by atoms with E-state index in [4.69, 9.17) is 4.52 Å².